The molecule has 0 atom stereocenters. The summed E-state index contributed by atoms with van der Waals surface area (Å²) in [7, 11) is 0. The first-order valence-corrected chi connectivity index (χ1v) is 9.33. The quantitative estimate of drug-likeness (QED) is 0.744. The van der Waals surface area contributed by atoms with Gasteiger partial charge in [0.2, 0.25) is 0 Å². The van der Waals surface area contributed by atoms with Gasteiger partial charge in [0, 0.05) is 32.2 Å². The molecule has 2 fully saturated rings. The van der Waals surface area contributed by atoms with Gasteiger partial charge in [-0.1, -0.05) is 12.1 Å². The van der Waals surface area contributed by atoms with Crippen LogP contribution in [0.2, 0.25) is 0 Å². The molecule has 0 bridgehead atoms. The number of nitrogens with one attached hydrogen (secondary N) is 1. The number of ether oxygens (including phenoxy) is 1. The first kappa shape index (κ1) is 16.5. The second kappa shape index (κ2) is 6.79. The number of H-pyrrole nitrogens is 1. The van der Waals surface area contributed by atoms with Crippen LogP contribution in [0.5, 0.6) is 0 Å². The topological polar surface area (TPSA) is 79.3 Å². The normalized spacial score (nSPS) is 18.7. The van der Waals surface area contributed by atoms with Gasteiger partial charge in [0.1, 0.15) is 5.69 Å². The Labute approximate surface area is 156 Å². The van der Waals surface area contributed by atoms with Gasteiger partial charge in [0.25, 0.3) is 5.91 Å². The lowest BCUT2D eigenvalue weighted by atomic mass is 10.1. The predicted octanol–water partition coefficient (Wildman–Crippen LogP) is 0.964. The van der Waals surface area contributed by atoms with Gasteiger partial charge in [-0.2, -0.15) is 5.10 Å². The molecular formula is C19H22N6O2. The average Bonchev–Trinajstić information content (AvgIpc) is 3.29. The largest absolute Gasteiger partial charge is 0.379 e. The summed E-state index contributed by atoms with van der Waals surface area (Å²) in [6, 6.07) is 10.3. The Hall–Kier alpha value is -2.71. The summed E-state index contributed by atoms with van der Waals surface area (Å²) >= 11 is 0. The Morgan fingerprint density at radius 2 is 2.04 bits per heavy atom. The fourth-order valence-corrected chi connectivity index (χ4v) is 3.83. The van der Waals surface area contributed by atoms with Crippen molar-refractivity contribution in [1.29, 1.82) is 0 Å². The number of fused-ring (bicyclic) bond motifs is 1. The molecule has 27 heavy (non-hydrogen) atoms. The van der Waals surface area contributed by atoms with Gasteiger partial charge in [0.05, 0.1) is 42.8 Å². The lowest BCUT2D eigenvalue weighted by molar-refractivity contribution is -0.0257. The monoisotopic (exact) mass is 366 g/mol. The summed E-state index contributed by atoms with van der Waals surface area (Å²) in [4.78, 5) is 21.3. The summed E-state index contributed by atoms with van der Waals surface area (Å²) in [6.07, 6.45) is 1.81. The minimum Gasteiger partial charge on any atom is -0.379 e. The molecule has 0 unspecified atom stereocenters. The number of benzene rings is 1. The van der Waals surface area contributed by atoms with E-state index in [2.05, 4.69) is 24.6 Å². The third kappa shape index (κ3) is 3.11. The molecule has 5 rings (SSSR count). The molecule has 3 aromatic rings. The first-order valence-electron chi connectivity index (χ1n) is 9.33. The van der Waals surface area contributed by atoms with Crippen molar-refractivity contribution in [2.24, 2.45) is 0 Å². The molecule has 1 N–H and O–H groups in total. The van der Waals surface area contributed by atoms with Crippen LogP contribution in [0.3, 0.4) is 0 Å². The molecule has 8 nitrogen and oxygen atoms in total. The number of aromatic amines is 1. The second-order valence-corrected chi connectivity index (χ2v) is 7.15. The first-order chi connectivity index (χ1) is 13.3. The van der Waals surface area contributed by atoms with E-state index >= 15 is 0 Å². The van der Waals surface area contributed by atoms with Crippen LogP contribution >= 0.6 is 0 Å². The van der Waals surface area contributed by atoms with Crippen molar-refractivity contribution in [3.8, 4) is 0 Å². The predicted molar refractivity (Wildman–Crippen MR) is 99.5 cm³/mol. The van der Waals surface area contributed by atoms with Crippen LogP contribution in [0.15, 0.2) is 36.7 Å². The Morgan fingerprint density at radius 3 is 2.89 bits per heavy atom. The molecule has 1 amide bonds. The number of rotatable bonds is 4. The highest BCUT2D eigenvalue weighted by atomic mass is 16.5. The number of imidazole rings is 1. The SMILES string of the molecule is O=C(c1cc(Cn2cnc3ccccc32)[nH]n1)N1CC(N2CCOCC2)C1. The highest BCUT2D eigenvalue weighted by Crippen LogP contribution is 2.19. The van der Waals surface area contributed by atoms with Gasteiger partial charge in [-0.3, -0.25) is 14.8 Å². The van der Waals surface area contributed by atoms with Gasteiger partial charge >= 0.3 is 0 Å². The minimum atomic E-state index is -0.00232. The van der Waals surface area contributed by atoms with E-state index in [9.17, 15) is 4.79 Å². The van der Waals surface area contributed by atoms with E-state index in [0.29, 0.717) is 18.3 Å². The molecule has 2 saturated heterocycles. The van der Waals surface area contributed by atoms with Crippen molar-refractivity contribution in [3.05, 3.63) is 48.0 Å². The van der Waals surface area contributed by atoms with Crippen LogP contribution in [0, 0.1) is 0 Å². The van der Waals surface area contributed by atoms with Crippen molar-refractivity contribution in [3.63, 3.8) is 0 Å². The Balaban J connectivity index is 1.22. The zero-order valence-corrected chi connectivity index (χ0v) is 15.0. The summed E-state index contributed by atoms with van der Waals surface area (Å²) in [5, 5.41) is 7.23. The van der Waals surface area contributed by atoms with Crippen molar-refractivity contribution >= 4 is 16.9 Å². The third-order valence-corrected chi connectivity index (χ3v) is 5.43. The number of carbonyl (C=O) groups is 1. The molecule has 0 spiro atoms. The minimum absolute atomic E-state index is 0.00232. The lowest BCUT2D eigenvalue weighted by Gasteiger charge is -2.46. The fraction of sp³-hybridized carbons (Fsp3) is 0.421. The maximum absolute atomic E-state index is 12.7. The van der Waals surface area contributed by atoms with E-state index in [1.807, 2.05) is 41.6 Å². The smallest absolute Gasteiger partial charge is 0.274 e. The maximum atomic E-state index is 12.7. The molecule has 4 heterocycles. The number of morpholine rings is 1. The highest BCUT2D eigenvalue weighted by molar-refractivity contribution is 5.93. The van der Waals surface area contributed by atoms with Gasteiger partial charge in [-0.05, 0) is 18.2 Å². The molecule has 0 radical (unpaired) electrons. The molecule has 2 aliphatic heterocycles. The fourth-order valence-electron chi connectivity index (χ4n) is 3.83. The Kier molecular flexibility index (Phi) is 4.14. The van der Waals surface area contributed by atoms with E-state index in [4.69, 9.17) is 4.74 Å². The molecule has 2 aliphatic rings. The van der Waals surface area contributed by atoms with E-state index in [0.717, 1.165) is 56.1 Å². The molecule has 0 aliphatic carbocycles. The molecular weight excluding hydrogens is 344 g/mol. The summed E-state index contributed by atoms with van der Waals surface area (Å²) in [6.45, 7) is 5.64. The van der Waals surface area contributed by atoms with Gasteiger partial charge in [-0.15, -0.1) is 0 Å². The molecule has 0 saturated carbocycles. The number of carbonyl (C=O) groups excluding carboxylic acids is 1. The summed E-state index contributed by atoms with van der Waals surface area (Å²) in [5.74, 6) is -0.00232. The highest BCUT2D eigenvalue weighted by Gasteiger charge is 2.36. The standard InChI is InChI=1S/C19H22N6O2/c26-19(24-11-15(12-24)23-5-7-27-8-6-23)17-9-14(21-22-17)10-25-13-20-16-3-1-2-4-18(16)25/h1-4,9,13,15H,5-8,10-12H2,(H,21,22). The maximum Gasteiger partial charge on any atom is 0.274 e. The number of hydrogen-bond donors (Lipinski definition) is 1. The molecule has 2 aromatic heterocycles. The number of aromatic nitrogens is 4. The van der Waals surface area contributed by atoms with Gasteiger partial charge in [0.15, 0.2) is 0 Å². The molecule has 140 valence electrons. The number of hydrogen-bond acceptors (Lipinski definition) is 5. The van der Waals surface area contributed by atoms with Crippen molar-refractivity contribution in [2.75, 3.05) is 39.4 Å². The average molecular weight is 366 g/mol. The van der Waals surface area contributed by atoms with Crippen LogP contribution in [0.1, 0.15) is 16.2 Å². The van der Waals surface area contributed by atoms with Crippen LogP contribution < -0.4 is 0 Å². The van der Waals surface area contributed by atoms with E-state index < -0.39 is 0 Å². The van der Waals surface area contributed by atoms with Crippen molar-refractivity contribution in [1.82, 2.24) is 29.5 Å². The second-order valence-electron chi connectivity index (χ2n) is 7.15. The van der Waals surface area contributed by atoms with Gasteiger partial charge < -0.3 is 14.2 Å². The van der Waals surface area contributed by atoms with Crippen molar-refractivity contribution < 1.29 is 9.53 Å². The molecule has 8 heteroatoms. The number of para-hydroxylation sites is 2. The number of amides is 1. The zero-order valence-electron chi connectivity index (χ0n) is 15.0. The van der Waals surface area contributed by atoms with Crippen LogP contribution in [-0.4, -0.2) is 80.9 Å². The number of likely N-dealkylation sites (tertiary alicyclic amines) is 1. The van der Waals surface area contributed by atoms with Crippen LogP contribution in [0.4, 0.5) is 0 Å². The van der Waals surface area contributed by atoms with Crippen LogP contribution in [0.25, 0.3) is 11.0 Å². The third-order valence-electron chi connectivity index (χ3n) is 5.43. The van der Waals surface area contributed by atoms with E-state index in [1.165, 1.54) is 0 Å². The zero-order chi connectivity index (χ0) is 18.2. The summed E-state index contributed by atoms with van der Waals surface area (Å²) in [5.41, 5.74) is 3.40. The Morgan fingerprint density at radius 1 is 1.22 bits per heavy atom. The van der Waals surface area contributed by atoms with E-state index in [1.54, 1.807) is 0 Å². The lowest BCUT2D eigenvalue weighted by Crippen LogP contribution is -2.62. The van der Waals surface area contributed by atoms with Crippen molar-refractivity contribution in [2.45, 2.75) is 12.6 Å². The Bertz CT molecular complexity index is 952. The summed E-state index contributed by atoms with van der Waals surface area (Å²) < 4.78 is 7.44. The molecule has 1 aromatic carbocycles. The number of nitrogens with zero attached hydrogens (tertiary/aromatic N) is 5. The van der Waals surface area contributed by atoms with E-state index in [-0.39, 0.29) is 5.91 Å². The van der Waals surface area contributed by atoms with Crippen LogP contribution in [-0.2, 0) is 11.3 Å². The van der Waals surface area contributed by atoms with Gasteiger partial charge in [-0.25, -0.2) is 4.98 Å².